The van der Waals surface area contributed by atoms with Crippen molar-refractivity contribution in [3.05, 3.63) is 96.8 Å². The van der Waals surface area contributed by atoms with Crippen LogP contribution in [0.15, 0.2) is 106 Å². The van der Waals surface area contributed by atoms with Crippen LogP contribution in [0.5, 0.6) is 0 Å². The van der Waals surface area contributed by atoms with Gasteiger partial charge in [-0.2, -0.15) is 0 Å². The highest BCUT2D eigenvalue weighted by Crippen LogP contribution is 2.40. The lowest BCUT2D eigenvalue weighted by molar-refractivity contribution is 0.470. The minimum atomic E-state index is 0.511. The maximum Gasteiger partial charge on any atom is 0.299 e. The van der Waals surface area contributed by atoms with Crippen LogP contribution in [0, 0.1) is 0 Å². The van der Waals surface area contributed by atoms with E-state index in [1.165, 1.54) is 10.3 Å². The highest BCUT2D eigenvalue weighted by atomic mass is 32.1. The van der Waals surface area contributed by atoms with Crippen LogP contribution in [0.1, 0.15) is 0 Å². The van der Waals surface area contributed by atoms with Gasteiger partial charge >= 0.3 is 0 Å². The van der Waals surface area contributed by atoms with Gasteiger partial charge in [-0.1, -0.05) is 48.5 Å². The smallest absolute Gasteiger partial charge is 0.299 e. The summed E-state index contributed by atoms with van der Waals surface area (Å²) in [6, 6.07) is 25.1. The standard InChI is InChI=1S/C30H19N3O2S/c1-32-12-11-19(15-32)24-17-36-26-13-21-20-9-5-6-10-25(20)33(29(21)31-28(24)26)27-14-22-23(16-34-30(22)35-27)18-7-3-2-4-8-18/h2-17H,1H3. The number of rotatable bonds is 3. The first-order chi connectivity index (χ1) is 17.7. The second kappa shape index (κ2) is 7.23. The first-order valence-electron chi connectivity index (χ1n) is 11.8. The van der Waals surface area contributed by atoms with Crippen molar-refractivity contribution in [2.24, 2.45) is 7.05 Å². The van der Waals surface area contributed by atoms with Crippen molar-refractivity contribution >= 4 is 54.7 Å². The van der Waals surface area contributed by atoms with E-state index in [0.717, 1.165) is 49.5 Å². The highest BCUT2D eigenvalue weighted by Gasteiger charge is 2.21. The van der Waals surface area contributed by atoms with Crippen molar-refractivity contribution in [2.75, 3.05) is 0 Å². The van der Waals surface area contributed by atoms with Gasteiger partial charge in [0.15, 0.2) is 0 Å². The molecule has 0 radical (unpaired) electrons. The van der Waals surface area contributed by atoms with Gasteiger partial charge in [0.1, 0.15) is 11.9 Å². The lowest BCUT2D eigenvalue weighted by Gasteiger charge is -2.03. The molecule has 6 heteroatoms. The maximum atomic E-state index is 6.30. The Morgan fingerprint density at radius 3 is 2.56 bits per heavy atom. The first-order valence-corrected chi connectivity index (χ1v) is 12.6. The van der Waals surface area contributed by atoms with Crippen LogP contribution in [0.4, 0.5) is 0 Å². The molecule has 0 atom stereocenters. The Kier molecular flexibility index (Phi) is 3.96. The Bertz CT molecular complexity index is 2070. The van der Waals surface area contributed by atoms with E-state index in [2.05, 4.69) is 81.5 Å². The lowest BCUT2D eigenvalue weighted by Crippen LogP contribution is -1.93. The summed E-state index contributed by atoms with van der Waals surface area (Å²) in [4.78, 5) is 5.25. The molecule has 6 aromatic heterocycles. The SMILES string of the molecule is Cn1ccc(-c2csc3cc4c5ccccc5n(-c5cc6c(-c7ccccc7)coc6o5)c4nc23)c1. The molecule has 0 N–H and O–H groups in total. The number of nitrogens with zero attached hydrogens (tertiary/aromatic N) is 3. The third-order valence-electron chi connectivity index (χ3n) is 6.88. The normalized spacial score (nSPS) is 12.0. The van der Waals surface area contributed by atoms with Gasteiger partial charge in [0.05, 0.1) is 21.1 Å². The average molecular weight is 486 g/mol. The van der Waals surface area contributed by atoms with Crippen molar-refractivity contribution in [3.63, 3.8) is 0 Å². The van der Waals surface area contributed by atoms with E-state index < -0.39 is 0 Å². The van der Waals surface area contributed by atoms with Gasteiger partial charge in [0.2, 0.25) is 5.88 Å². The minimum Gasteiger partial charge on any atom is -0.433 e. The van der Waals surface area contributed by atoms with E-state index in [1.54, 1.807) is 17.6 Å². The molecule has 0 bridgehead atoms. The zero-order valence-corrected chi connectivity index (χ0v) is 20.1. The van der Waals surface area contributed by atoms with Gasteiger partial charge in [-0.05, 0) is 23.8 Å². The number of fused-ring (bicyclic) bond motifs is 5. The Labute approximate surface area is 209 Å². The molecule has 2 aromatic carbocycles. The third-order valence-corrected chi connectivity index (χ3v) is 7.80. The largest absolute Gasteiger partial charge is 0.433 e. The molecular weight excluding hydrogens is 466 g/mol. The van der Waals surface area contributed by atoms with Crippen LogP contribution in [0.25, 0.3) is 71.5 Å². The van der Waals surface area contributed by atoms with Crippen molar-refractivity contribution in [2.45, 2.75) is 0 Å². The fraction of sp³-hybridized carbons (Fsp3) is 0.0333. The molecule has 0 spiro atoms. The van der Waals surface area contributed by atoms with Gasteiger partial charge in [-0.3, -0.25) is 4.57 Å². The summed E-state index contributed by atoms with van der Waals surface area (Å²) in [5.41, 5.74) is 7.35. The number of benzene rings is 2. The van der Waals surface area contributed by atoms with Gasteiger partial charge in [-0.25, -0.2) is 4.98 Å². The Morgan fingerprint density at radius 1 is 0.833 bits per heavy atom. The molecule has 5 nitrogen and oxygen atoms in total. The van der Waals surface area contributed by atoms with E-state index in [0.29, 0.717) is 11.7 Å². The second-order valence-electron chi connectivity index (χ2n) is 9.08. The number of pyridine rings is 1. The molecule has 36 heavy (non-hydrogen) atoms. The molecule has 8 rings (SSSR count). The second-order valence-corrected chi connectivity index (χ2v) is 9.99. The minimum absolute atomic E-state index is 0.511. The number of para-hydroxylation sites is 1. The summed E-state index contributed by atoms with van der Waals surface area (Å²) in [7, 11) is 2.04. The molecule has 0 saturated heterocycles. The van der Waals surface area contributed by atoms with Crippen LogP contribution in [-0.4, -0.2) is 14.1 Å². The van der Waals surface area contributed by atoms with Gasteiger partial charge in [-0.15, -0.1) is 11.3 Å². The van der Waals surface area contributed by atoms with E-state index in [1.807, 2.05) is 25.2 Å². The van der Waals surface area contributed by atoms with E-state index in [-0.39, 0.29) is 0 Å². The number of thiophene rings is 1. The average Bonchev–Trinajstić information content (AvgIpc) is 3.71. The van der Waals surface area contributed by atoms with E-state index >= 15 is 0 Å². The number of furan rings is 2. The Hall–Kier alpha value is -4.55. The van der Waals surface area contributed by atoms with Crippen molar-refractivity contribution in [1.82, 2.24) is 14.1 Å². The van der Waals surface area contributed by atoms with Crippen LogP contribution in [-0.2, 0) is 7.05 Å². The summed E-state index contributed by atoms with van der Waals surface area (Å²) >= 11 is 1.73. The Balaban J connectivity index is 1.42. The number of aromatic nitrogens is 3. The van der Waals surface area contributed by atoms with Crippen LogP contribution < -0.4 is 0 Å². The number of hydrogen-bond donors (Lipinski definition) is 0. The molecule has 0 aliphatic carbocycles. The predicted molar refractivity (Wildman–Crippen MR) is 146 cm³/mol. The molecule has 8 aromatic rings. The summed E-state index contributed by atoms with van der Waals surface area (Å²) < 4.78 is 17.5. The van der Waals surface area contributed by atoms with Crippen molar-refractivity contribution < 1.29 is 8.83 Å². The van der Waals surface area contributed by atoms with Gasteiger partial charge < -0.3 is 13.4 Å². The summed E-state index contributed by atoms with van der Waals surface area (Å²) in [5.74, 6) is 1.20. The molecule has 0 unspecified atom stereocenters. The van der Waals surface area contributed by atoms with Gasteiger partial charge in [0, 0.05) is 58.4 Å². The van der Waals surface area contributed by atoms with Crippen LogP contribution in [0.3, 0.4) is 0 Å². The fourth-order valence-electron chi connectivity index (χ4n) is 5.18. The molecule has 0 aliphatic heterocycles. The monoisotopic (exact) mass is 485 g/mol. The molecular formula is C30H19N3O2S. The number of aryl methyl sites for hydroxylation is 1. The summed E-state index contributed by atoms with van der Waals surface area (Å²) in [6.45, 7) is 0. The maximum absolute atomic E-state index is 6.30. The molecule has 0 amide bonds. The van der Waals surface area contributed by atoms with Crippen molar-refractivity contribution in [3.8, 4) is 28.1 Å². The van der Waals surface area contributed by atoms with Crippen molar-refractivity contribution in [1.29, 1.82) is 0 Å². The Morgan fingerprint density at radius 2 is 1.69 bits per heavy atom. The molecule has 0 fully saturated rings. The first kappa shape index (κ1) is 19.7. The van der Waals surface area contributed by atoms with Crippen LogP contribution in [0.2, 0.25) is 0 Å². The van der Waals surface area contributed by atoms with E-state index in [4.69, 9.17) is 13.8 Å². The van der Waals surface area contributed by atoms with E-state index in [9.17, 15) is 0 Å². The highest BCUT2D eigenvalue weighted by molar-refractivity contribution is 7.17. The van der Waals surface area contributed by atoms with Gasteiger partial charge in [0.25, 0.3) is 5.78 Å². The predicted octanol–water partition coefficient (Wildman–Crippen LogP) is 8.41. The number of hydrogen-bond acceptors (Lipinski definition) is 4. The molecule has 172 valence electrons. The zero-order chi connectivity index (χ0) is 23.8. The lowest BCUT2D eigenvalue weighted by atomic mass is 10.1. The quantitative estimate of drug-likeness (QED) is 0.252. The fourth-order valence-corrected chi connectivity index (χ4v) is 6.13. The summed E-state index contributed by atoms with van der Waals surface area (Å²) in [5, 5.41) is 5.40. The summed E-state index contributed by atoms with van der Waals surface area (Å²) in [6.07, 6.45) is 5.96. The molecule has 6 heterocycles. The zero-order valence-electron chi connectivity index (χ0n) is 19.3. The molecule has 0 saturated carbocycles. The van der Waals surface area contributed by atoms with Crippen LogP contribution >= 0.6 is 11.3 Å². The molecule has 0 aliphatic rings. The topological polar surface area (TPSA) is 49.0 Å². The third kappa shape index (κ3) is 2.73.